The highest BCUT2D eigenvalue weighted by Crippen LogP contribution is 2.28. The van der Waals surface area contributed by atoms with E-state index in [-0.39, 0.29) is 5.91 Å². The first-order valence-electron chi connectivity index (χ1n) is 7.11. The average molecular weight is 286 g/mol. The van der Waals surface area contributed by atoms with Gasteiger partial charge in [0.15, 0.2) is 0 Å². The van der Waals surface area contributed by atoms with Crippen LogP contribution in [0.3, 0.4) is 0 Å². The Labute approximate surface area is 123 Å². The zero-order valence-corrected chi connectivity index (χ0v) is 12.2. The maximum Gasteiger partial charge on any atom is 0.261 e. The summed E-state index contributed by atoms with van der Waals surface area (Å²) in [6, 6.07) is 5.93. The van der Waals surface area contributed by atoms with Gasteiger partial charge in [0, 0.05) is 23.8 Å². The number of amides is 1. The molecule has 0 aliphatic heterocycles. The monoisotopic (exact) mass is 286 g/mol. The molecule has 1 aliphatic carbocycles. The first-order valence-corrected chi connectivity index (χ1v) is 7.93. The van der Waals surface area contributed by atoms with Crippen molar-refractivity contribution in [1.29, 1.82) is 0 Å². The Morgan fingerprint density at radius 2 is 2.00 bits per heavy atom. The molecule has 0 saturated heterocycles. The van der Waals surface area contributed by atoms with Crippen molar-refractivity contribution in [2.75, 3.05) is 0 Å². The Balaban J connectivity index is 1.65. The Morgan fingerprint density at radius 3 is 2.85 bits per heavy atom. The van der Waals surface area contributed by atoms with Gasteiger partial charge in [-0.05, 0) is 55.0 Å². The van der Waals surface area contributed by atoms with Gasteiger partial charge in [-0.25, -0.2) is 0 Å². The second-order valence-corrected chi connectivity index (χ2v) is 6.29. The van der Waals surface area contributed by atoms with Gasteiger partial charge < -0.3 is 5.32 Å². The highest BCUT2D eigenvalue weighted by Gasteiger charge is 2.16. The fraction of sp³-hybridized carbons (Fsp3) is 0.375. The van der Waals surface area contributed by atoms with Crippen LogP contribution in [0.25, 0.3) is 0 Å². The predicted molar refractivity (Wildman–Crippen MR) is 81.0 cm³/mol. The maximum absolute atomic E-state index is 12.2. The molecule has 2 aromatic heterocycles. The van der Waals surface area contributed by atoms with E-state index < -0.39 is 0 Å². The predicted octanol–water partition coefficient (Wildman–Crippen LogP) is 3.34. The van der Waals surface area contributed by atoms with Gasteiger partial charge in [-0.3, -0.25) is 9.78 Å². The SMILES string of the molecule is O=C(NCc1ccncc1)c1cc2c(s1)CCCCC2. The van der Waals surface area contributed by atoms with E-state index in [9.17, 15) is 4.79 Å². The van der Waals surface area contributed by atoms with Crippen LogP contribution in [-0.2, 0) is 19.4 Å². The number of aryl methyl sites for hydroxylation is 2. The molecule has 2 aromatic rings. The van der Waals surface area contributed by atoms with E-state index in [1.165, 1.54) is 29.7 Å². The van der Waals surface area contributed by atoms with Crippen molar-refractivity contribution in [1.82, 2.24) is 10.3 Å². The molecule has 0 fully saturated rings. The van der Waals surface area contributed by atoms with Crippen LogP contribution in [0.15, 0.2) is 30.6 Å². The lowest BCUT2D eigenvalue weighted by atomic mass is 10.1. The van der Waals surface area contributed by atoms with Crippen LogP contribution in [0.1, 0.15) is 44.9 Å². The van der Waals surface area contributed by atoms with E-state index in [2.05, 4.69) is 16.4 Å². The van der Waals surface area contributed by atoms with E-state index in [4.69, 9.17) is 0 Å². The molecule has 0 saturated carbocycles. The standard InChI is InChI=1S/C16H18N2OS/c19-16(18-11-12-6-8-17-9-7-12)15-10-13-4-2-1-3-5-14(13)20-15/h6-10H,1-5,11H2,(H,18,19). The molecule has 1 aliphatic rings. The lowest BCUT2D eigenvalue weighted by Gasteiger charge is -2.03. The highest BCUT2D eigenvalue weighted by atomic mass is 32.1. The third kappa shape index (κ3) is 3.07. The third-order valence-corrected chi connectivity index (χ3v) is 4.91. The first-order chi connectivity index (χ1) is 9.83. The number of nitrogens with zero attached hydrogens (tertiary/aromatic N) is 1. The van der Waals surface area contributed by atoms with Crippen molar-refractivity contribution in [2.24, 2.45) is 0 Å². The number of carbonyl (C=O) groups excluding carboxylic acids is 1. The van der Waals surface area contributed by atoms with Crippen LogP contribution in [0.2, 0.25) is 0 Å². The number of aromatic nitrogens is 1. The zero-order valence-electron chi connectivity index (χ0n) is 11.4. The molecule has 0 spiro atoms. The summed E-state index contributed by atoms with van der Waals surface area (Å²) in [4.78, 5) is 18.4. The molecule has 0 aromatic carbocycles. The third-order valence-electron chi connectivity index (χ3n) is 3.67. The van der Waals surface area contributed by atoms with Crippen molar-refractivity contribution in [3.05, 3.63) is 51.5 Å². The van der Waals surface area contributed by atoms with Crippen molar-refractivity contribution in [3.8, 4) is 0 Å². The Bertz CT molecular complexity index is 568. The first kappa shape index (κ1) is 13.3. The second kappa shape index (κ2) is 6.18. The Kier molecular flexibility index (Phi) is 4.11. The van der Waals surface area contributed by atoms with Gasteiger partial charge in [0.05, 0.1) is 4.88 Å². The average Bonchev–Trinajstić information content (AvgIpc) is 2.77. The van der Waals surface area contributed by atoms with Crippen molar-refractivity contribution in [2.45, 2.75) is 38.6 Å². The molecule has 20 heavy (non-hydrogen) atoms. The van der Waals surface area contributed by atoms with Gasteiger partial charge in [0.1, 0.15) is 0 Å². The van der Waals surface area contributed by atoms with Crippen LogP contribution in [0, 0.1) is 0 Å². The number of carbonyl (C=O) groups is 1. The van der Waals surface area contributed by atoms with Gasteiger partial charge >= 0.3 is 0 Å². The molecule has 3 nitrogen and oxygen atoms in total. The molecule has 104 valence electrons. The van der Waals surface area contributed by atoms with E-state index in [1.807, 2.05) is 12.1 Å². The van der Waals surface area contributed by atoms with E-state index in [1.54, 1.807) is 23.7 Å². The molecule has 0 atom stereocenters. The molecular weight excluding hydrogens is 268 g/mol. The molecule has 3 rings (SSSR count). The van der Waals surface area contributed by atoms with E-state index >= 15 is 0 Å². The van der Waals surface area contributed by atoms with Gasteiger partial charge in [-0.2, -0.15) is 0 Å². The Morgan fingerprint density at radius 1 is 1.20 bits per heavy atom. The minimum atomic E-state index is 0.0416. The van der Waals surface area contributed by atoms with Crippen molar-refractivity contribution < 1.29 is 4.79 Å². The number of fused-ring (bicyclic) bond motifs is 1. The van der Waals surface area contributed by atoms with Crippen molar-refractivity contribution in [3.63, 3.8) is 0 Å². The summed E-state index contributed by atoms with van der Waals surface area (Å²) >= 11 is 1.67. The summed E-state index contributed by atoms with van der Waals surface area (Å²) < 4.78 is 0. The van der Waals surface area contributed by atoms with E-state index in [0.717, 1.165) is 23.3 Å². The molecule has 1 amide bonds. The minimum absolute atomic E-state index is 0.0416. The normalized spacial score (nSPS) is 14.4. The quantitative estimate of drug-likeness (QED) is 0.879. The fourth-order valence-corrected chi connectivity index (χ4v) is 3.72. The van der Waals surface area contributed by atoms with Gasteiger partial charge in [0.25, 0.3) is 5.91 Å². The number of thiophene rings is 1. The lowest BCUT2D eigenvalue weighted by Crippen LogP contribution is -2.21. The smallest absolute Gasteiger partial charge is 0.261 e. The van der Waals surface area contributed by atoms with Crippen LogP contribution in [0.5, 0.6) is 0 Å². The van der Waals surface area contributed by atoms with Crippen LogP contribution in [-0.4, -0.2) is 10.9 Å². The fourth-order valence-electron chi connectivity index (χ4n) is 2.55. The van der Waals surface area contributed by atoms with Crippen LogP contribution < -0.4 is 5.32 Å². The minimum Gasteiger partial charge on any atom is -0.347 e. The van der Waals surface area contributed by atoms with Gasteiger partial charge in [-0.15, -0.1) is 11.3 Å². The molecular formula is C16H18N2OS. The second-order valence-electron chi connectivity index (χ2n) is 5.16. The maximum atomic E-state index is 12.2. The number of hydrogen-bond donors (Lipinski definition) is 1. The van der Waals surface area contributed by atoms with E-state index in [0.29, 0.717) is 6.54 Å². The molecule has 1 N–H and O–H groups in total. The number of nitrogens with one attached hydrogen (secondary N) is 1. The van der Waals surface area contributed by atoms with Crippen LogP contribution in [0.4, 0.5) is 0 Å². The number of hydrogen-bond acceptors (Lipinski definition) is 3. The molecule has 0 bridgehead atoms. The number of rotatable bonds is 3. The largest absolute Gasteiger partial charge is 0.347 e. The molecule has 0 unspecified atom stereocenters. The number of pyridine rings is 1. The molecule has 2 heterocycles. The molecule has 0 radical (unpaired) electrons. The summed E-state index contributed by atoms with van der Waals surface area (Å²) in [5, 5.41) is 2.98. The summed E-state index contributed by atoms with van der Waals surface area (Å²) in [5.74, 6) is 0.0416. The summed E-state index contributed by atoms with van der Waals surface area (Å²) in [7, 11) is 0. The zero-order chi connectivity index (χ0) is 13.8. The summed E-state index contributed by atoms with van der Waals surface area (Å²) in [5.41, 5.74) is 2.47. The van der Waals surface area contributed by atoms with Gasteiger partial charge in [-0.1, -0.05) is 6.42 Å². The summed E-state index contributed by atoms with van der Waals surface area (Å²) in [6.45, 7) is 0.559. The Hall–Kier alpha value is -1.68. The van der Waals surface area contributed by atoms with Crippen LogP contribution >= 0.6 is 11.3 Å². The van der Waals surface area contributed by atoms with Crippen molar-refractivity contribution >= 4 is 17.2 Å². The highest BCUT2D eigenvalue weighted by molar-refractivity contribution is 7.14. The topological polar surface area (TPSA) is 42.0 Å². The summed E-state index contributed by atoms with van der Waals surface area (Å²) in [6.07, 6.45) is 9.57. The lowest BCUT2D eigenvalue weighted by molar-refractivity contribution is 0.0955. The molecule has 4 heteroatoms. The van der Waals surface area contributed by atoms with Gasteiger partial charge in [0.2, 0.25) is 0 Å².